The van der Waals surface area contributed by atoms with Crippen molar-refractivity contribution < 1.29 is 109 Å². The summed E-state index contributed by atoms with van der Waals surface area (Å²) in [6.45, 7) is -1.88. The van der Waals surface area contributed by atoms with E-state index >= 15 is 14.4 Å². The van der Waals surface area contributed by atoms with E-state index in [0.29, 0.717) is 5.56 Å². The molecule has 27 nitrogen and oxygen atoms in total. The predicted molar refractivity (Wildman–Crippen MR) is 258 cm³/mol. The van der Waals surface area contributed by atoms with Gasteiger partial charge in [0.15, 0.2) is 0 Å². The standard InChI is InChI=1S/C49H78N4O23/c1-59-24-69-33-15-46(16-34(33)70-25-60-2,51-43(56)48(53-45(58)68-23-32-13-11-10-12-14-32)19-37(73-28-63-5)38(20-48)74-29-64-6)41(54)50-47(17-35(71-26-61-3)36(18-47)72-27-62-4)42(55)52-49(44(57)67-9)21-39(75-30-65-7)40(22-49)76-31-66-8/h10-14,33-40H,15-31H2,1-9H3,(H,50,54)(H,51,56)(H,52,55)(H,53,58)/t33-,34-,35-,36-,37-,38-,39-,40-/m0/s1. The smallest absolute Gasteiger partial charge is 0.408 e. The molecule has 4 N–H and O–H groups in total. The van der Waals surface area contributed by atoms with Crippen molar-refractivity contribution in [1.29, 1.82) is 0 Å². The van der Waals surface area contributed by atoms with E-state index in [9.17, 15) is 9.59 Å². The van der Waals surface area contributed by atoms with Crippen LogP contribution in [-0.2, 0) is 111 Å². The Hall–Kier alpha value is -4.27. The Morgan fingerprint density at radius 1 is 0.382 bits per heavy atom. The van der Waals surface area contributed by atoms with Crippen molar-refractivity contribution in [3.8, 4) is 0 Å². The van der Waals surface area contributed by atoms with Gasteiger partial charge in [-0.3, -0.25) is 14.4 Å². The lowest BCUT2D eigenvalue weighted by atomic mass is 9.87. The molecular formula is C49H78N4O23. The molecule has 5 rings (SSSR count). The Balaban J connectivity index is 1.62. The lowest BCUT2D eigenvalue weighted by Crippen LogP contribution is -2.70. The topological polar surface area (TPSA) is 300 Å². The Labute approximate surface area is 442 Å². The summed E-state index contributed by atoms with van der Waals surface area (Å²) >= 11 is 0. The molecule has 0 aliphatic heterocycles. The number of rotatable bonds is 34. The quantitative estimate of drug-likeness (QED) is 0.0539. The average molecular weight is 1090 g/mol. The Kier molecular flexibility index (Phi) is 25.3. The lowest BCUT2D eigenvalue weighted by Gasteiger charge is -2.39. The van der Waals surface area contributed by atoms with Crippen LogP contribution in [-0.4, -0.2) is 219 Å². The highest BCUT2D eigenvalue weighted by atomic mass is 16.7. The van der Waals surface area contributed by atoms with Crippen LogP contribution in [0.4, 0.5) is 4.79 Å². The molecule has 0 unspecified atom stereocenters. The maximum Gasteiger partial charge on any atom is 0.408 e. The number of hydrogen-bond donors (Lipinski definition) is 4. The van der Waals surface area contributed by atoms with Gasteiger partial charge in [0, 0.05) is 108 Å². The van der Waals surface area contributed by atoms with E-state index in [1.807, 2.05) is 6.07 Å². The summed E-state index contributed by atoms with van der Waals surface area (Å²) in [4.78, 5) is 75.1. The molecule has 0 aromatic heterocycles. The number of benzene rings is 1. The van der Waals surface area contributed by atoms with Crippen molar-refractivity contribution in [2.24, 2.45) is 0 Å². The van der Waals surface area contributed by atoms with Crippen LogP contribution in [0.1, 0.15) is 56.9 Å². The molecular weight excluding hydrogens is 1010 g/mol. The molecule has 8 atom stereocenters. The number of alkyl carbamates (subject to hydrolysis) is 1. The van der Waals surface area contributed by atoms with Crippen LogP contribution in [0.3, 0.4) is 0 Å². The van der Waals surface area contributed by atoms with E-state index in [2.05, 4.69) is 21.3 Å². The summed E-state index contributed by atoms with van der Waals surface area (Å²) in [6, 6.07) is 8.91. The van der Waals surface area contributed by atoms with Gasteiger partial charge in [-0.25, -0.2) is 9.59 Å². The van der Waals surface area contributed by atoms with E-state index in [4.69, 9.17) is 85.3 Å². The highest BCUT2D eigenvalue weighted by molar-refractivity contribution is 6.01. The van der Waals surface area contributed by atoms with Crippen LogP contribution in [0.5, 0.6) is 0 Å². The van der Waals surface area contributed by atoms with Gasteiger partial charge < -0.3 is 107 Å². The normalized spacial score (nSPS) is 26.0. The third kappa shape index (κ3) is 16.2. The summed E-state index contributed by atoms with van der Waals surface area (Å²) in [5, 5.41) is 11.7. The predicted octanol–water partition coefficient (Wildman–Crippen LogP) is 0.478. The zero-order chi connectivity index (χ0) is 55.2. The molecule has 1 aromatic rings. The number of amides is 4. The average Bonchev–Trinajstić information content (AvgIpc) is 4.22. The molecule has 4 saturated carbocycles. The number of methoxy groups -OCH3 is 9. The molecule has 0 saturated heterocycles. The van der Waals surface area contributed by atoms with E-state index in [0.717, 1.165) is 0 Å². The molecule has 4 aliphatic rings. The van der Waals surface area contributed by atoms with Gasteiger partial charge in [0.25, 0.3) is 0 Å². The first-order valence-electron chi connectivity index (χ1n) is 24.6. The fourth-order valence-corrected chi connectivity index (χ4v) is 10.2. The first-order chi connectivity index (χ1) is 36.7. The van der Waals surface area contributed by atoms with Crippen molar-refractivity contribution in [2.75, 3.05) is 118 Å². The number of carbonyl (C=O) groups is 5. The summed E-state index contributed by atoms with van der Waals surface area (Å²) in [7, 11) is 12.5. The molecule has 4 aliphatic carbocycles. The maximum absolute atomic E-state index is 15.9. The van der Waals surface area contributed by atoms with Crippen LogP contribution < -0.4 is 21.3 Å². The van der Waals surface area contributed by atoms with E-state index < -0.39 is 101 Å². The van der Waals surface area contributed by atoms with E-state index in [-0.39, 0.29) is 112 Å². The molecule has 0 spiro atoms. The van der Waals surface area contributed by atoms with Gasteiger partial charge in [0.1, 0.15) is 83.1 Å². The minimum Gasteiger partial charge on any atom is -0.467 e. The molecule has 0 bridgehead atoms. The van der Waals surface area contributed by atoms with E-state index in [1.54, 1.807) is 24.3 Å². The fraction of sp³-hybridized carbons (Fsp3) is 0.776. The molecule has 76 heavy (non-hydrogen) atoms. The molecule has 27 heteroatoms. The second kappa shape index (κ2) is 30.8. The third-order valence-electron chi connectivity index (χ3n) is 13.7. The second-order valence-corrected chi connectivity index (χ2v) is 18.9. The van der Waals surface area contributed by atoms with Crippen LogP contribution in [0.25, 0.3) is 0 Å². The van der Waals surface area contributed by atoms with Crippen molar-refractivity contribution in [3.63, 3.8) is 0 Å². The fourth-order valence-electron chi connectivity index (χ4n) is 10.2. The Morgan fingerprint density at radius 2 is 0.632 bits per heavy atom. The SMILES string of the molecule is COCO[C@H]1CC(NC(=O)OCc2ccccc2)(C(=O)NC2(C(=O)NC3(C(=O)NC4(C(=O)OC)C[C@H](OCOC)[C@@H](OCOC)C4)C[C@H](OCOC)[C@@H](OCOC)C3)C[C@H](OCOC)[C@@H](OCOC)C2)C[C@@H]1OCOC. The van der Waals surface area contributed by atoms with Gasteiger partial charge in [-0.1, -0.05) is 30.3 Å². The monoisotopic (exact) mass is 1090 g/mol. The minimum absolute atomic E-state index is 0.145. The van der Waals surface area contributed by atoms with Crippen molar-refractivity contribution in [1.82, 2.24) is 21.3 Å². The van der Waals surface area contributed by atoms with Crippen LogP contribution >= 0.6 is 0 Å². The number of esters is 1. The Morgan fingerprint density at radius 3 is 0.895 bits per heavy atom. The third-order valence-corrected chi connectivity index (χ3v) is 13.7. The lowest BCUT2D eigenvalue weighted by molar-refractivity contribution is -0.153. The highest BCUT2D eigenvalue weighted by Gasteiger charge is 2.63. The maximum atomic E-state index is 15.9. The largest absolute Gasteiger partial charge is 0.467 e. The van der Waals surface area contributed by atoms with Gasteiger partial charge in [0.2, 0.25) is 17.7 Å². The number of nitrogens with one attached hydrogen (secondary N) is 4. The van der Waals surface area contributed by atoms with Crippen molar-refractivity contribution in [3.05, 3.63) is 35.9 Å². The zero-order valence-electron chi connectivity index (χ0n) is 44.9. The highest BCUT2D eigenvalue weighted by Crippen LogP contribution is 2.43. The Bertz CT molecular complexity index is 1890. The van der Waals surface area contributed by atoms with E-state index in [1.165, 1.54) is 64.0 Å². The van der Waals surface area contributed by atoms with Gasteiger partial charge in [0.05, 0.1) is 55.9 Å². The minimum atomic E-state index is -2.03. The first kappa shape index (κ1) is 62.6. The van der Waals surface area contributed by atoms with Crippen molar-refractivity contribution >= 4 is 29.8 Å². The van der Waals surface area contributed by atoms with Gasteiger partial charge in [-0.2, -0.15) is 0 Å². The summed E-state index contributed by atoms with van der Waals surface area (Å²) < 4.78 is 101. The zero-order valence-corrected chi connectivity index (χ0v) is 44.9. The van der Waals surface area contributed by atoms with Gasteiger partial charge in [-0.15, -0.1) is 0 Å². The molecule has 432 valence electrons. The molecule has 0 radical (unpaired) electrons. The van der Waals surface area contributed by atoms with Crippen molar-refractivity contribution in [2.45, 2.75) is 129 Å². The first-order valence-corrected chi connectivity index (χ1v) is 24.6. The summed E-state index contributed by atoms with van der Waals surface area (Å²) in [5.41, 5.74) is -7.05. The molecule has 4 fully saturated rings. The van der Waals surface area contributed by atoms with Crippen LogP contribution in [0.2, 0.25) is 0 Å². The molecule has 1 aromatic carbocycles. The molecule has 4 amide bonds. The summed E-state index contributed by atoms with van der Waals surface area (Å²) in [6.07, 6.45) is -9.86. The van der Waals surface area contributed by atoms with Gasteiger partial charge in [-0.05, 0) is 5.56 Å². The van der Waals surface area contributed by atoms with Crippen LogP contribution in [0, 0.1) is 0 Å². The second-order valence-electron chi connectivity index (χ2n) is 18.9. The van der Waals surface area contributed by atoms with Crippen LogP contribution in [0.15, 0.2) is 30.3 Å². The summed E-state index contributed by atoms with van der Waals surface area (Å²) in [5.74, 6) is -3.45. The number of ether oxygens (including phenoxy) is 18. The number of hydrogen-bond acceptors (Lipinski definition) is 23. The molecule has 0 heterocycles. The van der Waals surface area contributed by atoms with Gasteiger partial charge >= 0.3 is 12.1 Å². The number of carbonyl (C=O) groups excluding carboxylic acids is 5.